The molecule has 2 aromatic rings. The van der Waals surface area contributed by atoms with Gasteiger partial charge in [-0.2, -0.15) is 0 Å². The molecule has 0 aliphatic heterocycles. The van der Waals surface area contributed by atoms with Crippen LogP contribution < -0.4 is 5.32 Å². The zero-order valence-electron chi connectivity index (χ0n) is 17.7. The molecule has 0 aliphatic carbocycles. The van der Waals surface area contributed by atoms with Gasteiger partial charge >= 0.3 is 0 Å². The second-order valence-corrected chi connectivity index (χ2v) is 7.60. The van der Waals surface area contributed by atoms with Gasteiger partial charge in [-0.3, -0.25) is 9.59 Å². The molecular formula is C24H32N2O2. The third-order valence-electron chi connectivity index (χ3n) is 5.24. The van der Waals surface area contributed by atoms with Crippen LogP contribution in [0.1, 0.15) is 49.4 Å². The predicted octanol–water partition coefficient (Wildman–Crippen LogP) is 4.18. The van der Waals surface area contributed by atoms with Gasteiger partial charge < -0.3 is 10.2 Å². The number of carbonyl (C=O) groups is 2. The van der Waals surface area contributed by atoms with Gasteiger partial charge in [-0.15, -0.1) is 0 Å². The summed E-state index contributed by atoms with van der Waals surface area (Å²) in [7, 11) is 0. The highest BCUT2D eigenvalue weighted by molar-refractivity contribution is 5.88. The molecule has 2 atom stereocenters. The second kappa shape index (κ2) is 10.1. The Morgan fingerprint density at radius 2 is 1.64 bits per heavy atom. The Bertz CT molecular complexity index is 799. The lowest BCUT2D eigenvalue weighted by molar-refractivity contribution is -0.140. The molecule has 2 rings (SSSR count). The maximum atomic E-state index is 13.2. The van der Waals surface area contributed by atoms with E-state index in [2.05, 4.69) is 5.32 Å². The summed E-state index contributed by atoms with van der Waals surface area (Å²) in [5.41, 5.74) is 4.27. The van der Waals surface area contributed by atoms with Gasteiger partial charge in [0, 0.05) is 12.6 Å². The van der Waals surface area contributed by atoms with Crippen molar-refractivity contribution in [3.8, 4) is 0 Å². The topological polar surface area (TPSA) is 49.4 Å². The summed E-state index contributed by atoms with van der Waals surface area (Å²) in [6.07, 6.45) is 1.15. The molecule has 4 heteroatoms. The molecule has 0 saturated carbocycles. The third-order valence-corrected chi connectivity index (χ3v) is 5.24. The number of rotatable bonds is 8. The van der Waals surface area contributed by atoms with Crippen molar-refractivity contribution in [2.45, 2.75) is 66.1 Å². The Labute approximate surface area is 169 Å². The Hall–Kier alpha value is -2.62. The van der Waals surface area contributed by atoms with Crippen molar-refractivity contribution >= 4 is 11.8 Å². The van der Waals surface area contributed by atoms with Gasteiger partial charge in [0.05, 0.1) is 6.42 Å². The van der Waals surface area contributed by atoms with Gasteiger partial charge in [-0.1, -0.05) is 61.0 Å². The summed E-state index contributed by atoms with van der Waals surface area (Å²) < 4.78 is 0. The lowest BCUT2D eigenvalue weighted by Gasteiger charge is -2.30. The van der Waals surface area contributed by atoms with Crippen molar-refractivity contribution in [2.75, 3.05) is 0 Å². The molecule has 0 spiro atoms. The number of hydrogen-bond donors (Lipinski definition) is 1. The van der Waals surface area contributed by atoms with Gasteiger partial charge in [0.15, 0.2) is 0 Å². The minimum absolute atomic E-state index is 0.0401. The molecule has 0 aliphatic rings. The molecular weight excluding hydrogens is 348 g/mol. The first-order valence-corrected chi connectivity index (χ1v) is 10.0. The van der Waals surface area contributed by atoms with Crippen LogP contribution >= 0.6 is 0 Å². The lowest BCUT2D eigenvalue weighted by Crippen LogP contribution is -2.49. The van der Waals surface area contributed by atoms with Crippen molar-refractivity contribution < 1.29 is 9.59 Å². The average molecular weight is 381 g/mol. The van der Waals surface area contributed by atoms with Gasteiger partial charge in [0.1, 0.15) is 6.04 Å². The summed E-state index contributed by atoms with van der Waals surface area (Å²) in [6.45, 7) is 10.3. The number of benzene rings is 2. The number of amides is 2. The zero-order valence-corrected chi connectivity index (χ0v) is 17.7. The second-order valence-electron chi connectivity index (χ2n) is 7.60. The summed E-state index contributed by atoms with van der Waals surface area (Å²) >= 11 is 0. The summed E-state index contributed by atoms with van der Waals surface area (Å²) in [5.74, 6) is -0.152. The van der Waals surface area contributed by atoms with Gasteiger partial charge in [-0.05, 0) is 50.8 Å². The van der Waals surface area contributed by atoms with E-state index in [1.165, 1.54) is 5.56 Å². The van der Waals surface area contributed by atoms with E-state index in [0.717, 1.165) is 23.1 Å². The van der Waals surface area contributed by atoms with Crippen LogP contribution in [-0.4, -0.2) is 28.8 Å². The number of nitrogens with one attached hydrogen (secondary N) is 1. The zero-order chi connectivity index (χ0) is 20.7. The summed E-state index contributed by atoms with van der Waals surface area (Å²) in [6, 6.07) is 15.5. The van der Waals surface area contributed by atoms with E-state index < -0.39 is 6.04 Å². The van der Waals surface area contributed by atoms with Gasteiger partial charge in [0.2, 0.25) is 11.8 Å². The van der Waals surface area contributed by atoms with Crippen LogP contribution in [0.3, 0.4) is 0 Å². The first kappa shape index (κ1) is 21.7. The van der Waals surface area contributed by atoms with Crippen molar-refractivity contribution in [1.82, 2.24) is 10.2 Å². The molecule has 0 aromatic heterocycles. The van der Waals surface area contributed by atoms with E-state index in [0.29, 0.717) is 13.0 Å². The van der Waals surface area contributed by atoms with Crippen LogP contribution in [0.15, 0.2) is 48.5 Å². The molecule has 0 heterocycles. The van der Waals surface area contributed by atoms with Crippen molar-refractivity contribution in [2.24, 2.45) is 0 Å². The smallest absolute Gasteiger partial charge is 0.242 e. The fraction of sp³-hybridized carbons (Fsp3) is 0.417. The lowest BCUT2D eigenvalue weighted by atomic mass is 10.0. The minimum atomic E-state index is -0.535. The number of hydrogen-bond acceptors (Lipinski definition) is 2. The van der Waals surface area contributed by atoms with Gasteiger partial charge in [-0.25, -0.2) is 0 Å². The molecule has 0 bridgehead atoms. The van der Waals surface area contributed by atoms with E-state index in [4.69, 9.17) is 0 Å². The normalized spacial score (nSPS) is 12.9. The summed E-state index contributed by atoms with van der Waals surface area (Å²) in [5, 5.41) is 3.00. The van der Waals surface area contributed by atoms with Gasteiger partial charge in [0.25, 0.3) is 0 Å². The maximum absolute atomic E-state index is 13.2. The van der Waals surface area contributed by atoms with Crippen molar-refractivity contribution in [1.29, 1.82) is 0 Å². The van der Waals surface area contributed by atoms with Crippen LogP contribution in [0.2, 0.25) is 0 Å². The maximum Gasteiger partial charge on any atom is 0.242 e. The molecule has 28 heavy (non-hydrogen) atoms. The Morgan fingerprint density at radius 3 is 2.25 bits per heavy atom. The highest BCUT2D eigenvalue weighted by Crippen LogP contribution is 2.15. The third kappa shape index (κ3) is 5.95. The van der Waals surface area contributed by atoms with E-state index in [1.807, 2.05) is 83.1 Å². The van der Waals surface area contributed by atoms with E-state index in [9.17, 15) is 9.59 Å². The first-order valence-electron chi connectivity index (χ1n) is 10.0. The Morgan fingerprint density at radius 1 is 1.00 bits per heavy atom. The van der Waals surface area contributed by atoms with Crippen molar-refractivity contribution in [3.05, 3.63) is 70.8 Å². The fourth-order valence-electron chi connectivity index (χ4n) is 3.01. The largest absolute Gasteiger partial charge is 0.352 e. The molecule has 0 radical (unpaired) electrons. The predicted molar refractivity (Wildman–Crippen MR) is 114 cm³/mol. The van der Waals surface area contributed by atoms with Crippen molar-refractivity contribution in [3.63, 3.8) is 0 Å². The molecule has 1 N–H and O–H groups in total. The minimum Gasteiger partial charge on any atom is -0.352 e. The SMILES string of the molecule is CCC(C)NC(=O)C(C)N(Cc1ccc(C)cc1)C(=O)Cc1ccccc1C. The number of aryl methyl sites for hydroxylation is 2. The molecule has 0 fully saturated rings. The molecule has 4 nitrogen and oxygen atoms in total. The number of carbonyl (C=O) groups excluding carboxylic acids is 2. The molecule has 150 valence electrons. The Kier molecular flexibility index (Phi) is 7.80. The fourth-order valence-corrected chi connectivity index (χ4v) is 3.01. The molecule has 2 amide bonds. The molecule has 2 aromatic carbocycles. The van der Waals surface area contributed by atoms with Crippen LogP contribution in [0.4, 0.5) is 0 Å². The quantitative estimate of drug-likeness (QED) is 0.747. The molecule has 0 saturated heterocycles. The first-order chi connectivity index (χ1) is 13.3. The Balaban J connectivity index is 2.23. The van der Waals surface area contributed by atoms with Crippen LogP contribution in [0, 0.1) is 13.8 Å². The van der Waals surface area contributed by atoms with E-state index >= 15 is 0 Å². The highest BCUT2D eigenvalue weighted by Gasteiger charge is 2.27. The van der Waals surface area contributed by atoms with Crippen LogP contribution in [0.5, 0.6) is 0 Å². The summed E-state index contributed by atoms with van der Waals surface area (Å²) in [4.78, 5) is 27.6. The monoisotopic (exact) mass is 380 g/mol. The van der Waals surface area contributed by atoms with E-state index in [1.54, 1.807) is 4.90 Å². The van der Waals surface area contributed by atoms with Crippen LogP contribution in [0.25, 0.3) is 0 Å². The molecule has 2 unspecified atom stereocenters. The van der Waals surface area contributed by atoms with Crippen LogP contribution in [-0.2, 0) is 22.6 Å². The number of nitrogens with zero attached hydrogens (tertiary/aromatic N) is 1. The average Bonchev–Trinajstić information content (AvgIpc) is 2.68. The van der Waals surface area contributed by atoms with E-state index in [-0.39, 0.29) is 17.9 Å². The highest BCUT2D eigenvalue weighted by atomic mass is 16.2. The standard InChI is InChI=1S/C24H32N2O2/c1-6-19(4)25-24(28)20(5)26(16-21-13-11-17(2)12-14-21)23(27)15-22-10-8-7-9-18(22)3/h7-14,19-20H,6,15-16H2,1-5H3,(H,25,28).